The molecule has 1 aromatic heterocycles. The van der Waals surface area contributed by atoms with Gasteiger partial charge in [0, 0.05) is 18.0 Å². The van der Waals surface area contributed by atoms with E-state index in [0.29, 0.717) is 17.7 Å². The van der Waals surface area contributed by atoms with Crippen molar-refractivity contribution in [2.24, 2.45) is 0 Å². The highest BCUT2D eigenvalue weighted by molar-refractivity contribution is 9.10. The van der Waals surface area contributed by atoms with Gasteiger partial charge in [0.1, 0.15) is 11.9 Å². The smallest absolute Gasteiger partial charge is 0.161 e. The molecule has 0 saturated carbocycles. The third kappa shape index (κ3) is 2.94. The van der Waals surface area contributed by atoms with Gasteiger partial charge >= 0.3 is 0 Å². The van der Waals surface area contributed by atoms with E-state index in [1.165, 1.54) is 12.8 Å². The van der Waals surface area contributed by atoms with Gasteiger partial charge in [-0.25, -0.2) is 9.97 Å². The fourth-order valence-electron chi connectivity index (χ4n) is 3.10. The van der Waals surface area contributed by atoms with Gasteiger partial charge in [-0.05, 0) is 35.3 Å². The Morgan fingerprint density at radius 3 is 2.81 bits per heavy atom. The lowest BCUT2D eigenvalue weighted by Crippen LogP contribution is -2.43. The largest absolute Gasteiger partial charge is 0.383 e. The number of anilines is 1. The number of nitrogen functional groups attached to an aromatic ring is 1. The minimum Gasteiger partial charge on any atom is -0.383 e. The highest BCUT2D eigenvalue weighted by Gasteiger charge is 2.35. The van der Waals surface area contributed by atoms with Crippen molar-refractivity contribution in [1.82, 2.24) is 14.9 Å². The van der Waals surface area contributed by atoms with Crippen LogP contribution in [0.1, 0.15) is 51.2 Å². The lowest BCUT2D eigenvalue weighted by atomic mass is 9.91. The first-order valence-corrected chi connectivity index (χ1v) is 8.34. The van der Waals surface area contributed by atoms with Crippen LogP contribution in [0.15, 0.2) is 4.47 Å². The van der Waals surface area contributed by atoms with E-state index >= 15 is 0 Å². The number of hydrogen-bond donors (Lipinski definition) is 1. The molecule has 0 radical (unpaired) electrons. The predicted octanol–water partition coefficient (Wildman–Crippen LogP) is 2.65. The molecular weight excluding hydrogens is 332 g/mol. The van der Waals surface area contributed by atoms with E-state index in [4.69, 9.17) is 15.5 Å². The molecule has 2 atom stereocenters. The summed E-state index contributed by atoms with van der Waals surface area (Å²) in [5, 5.41) is 0. The lowest BCUT2D eigenvalue weighted by molar-refractivity contribution is -0.0542. The van der Waals surface area contributed by atoms with Crippen LogP contribution in [0, 0.1) is 0 Å². The molecule has 21 heavy (non-hydrogen) atoms. The van der Waals surface area contributed by atoms with Crippen molar-refractivity contribution in [2.75, 3.05) is 25.4 Å². The van der Waals surface area contributed by atoms with Crippen LogP contribution in [0.3, 0.4) is 0 Å². The number of aromatic nitrogens is 2. The van der Waals surface area contributed by atoms with Crippen molar-refractivity contribution < 1.29 is 4.74 Å². The second-order valence-corrected chi connectivity index (χ2v) is 7.79. The summed E-state index contributed by atoms with van der Waals surface area (Å²) in [6.45, 7) is 9.18. The number of nitrogens with zero attached hydrogens (tertiary/aromatic N) is 3. The average Bonchev–Trinajstić information content (AvgIpc) is 2.87. The molecule has 2 N–H and O–H groups in total. The molecule has 0 spiro atoms. The maximum atomic E-state index is 6.06. The molecular formula is C15H23BrN4O. The first-order chi connectivity index (χ1) is 9.86. The topological polar surface area (TPSA) is 64.3 Å². The molecule has 6 heteroatoms. The van der Waals surface area contributed by atoms with Gasteiger partial charge in [0.2, 0.25) is 0 Å². The van der Waals surface area contributed by atoms with E-state index < -0.39 is 0 Å². The maximum Gasteiger partial charge on any atom is 0.161 e. The average molecular weight is 355 g/mol. The minimum absolute atomic E-state index is 0.0733. The summed E-state index contributed by atoms with van der Waals surface area (Å²) in [6, 6.07) is 0.580. The Labute approximate surface area is 134 Å². The quantitative estimate of drug-likeness (QED) is 0.839. The van der Waals surface area contributed by atoms with Crippen molar-refractivity contribution in [2.45, 2.75) is 51.2 Å². The Balaban J connectivity index is 1.90. The van der Waals surface area contributed by atoms with Gasteiger partial charge in [0.05, 0.1) is 16.8 Å². The zero-order valence-electron chi connectivity index (χ0n) is 12.9. The fraction of sp³-hybridized carbons (Fsp3) is 0.733. The number of halogens is 1. The lowest BCUT2D eigenvalue weighted by Gasteiger charge is -2.35. The van der Waals surface area contributed by atoms with Gasteiger partial charge in [-0.2, -0.15) is 0 Å². The summed E-state index contributed by atoms with van der Waals surface area (Å²) in [5.41, 5.74) is 6.92. The molecule has 5 nitrogen and oxygen atoms in total. The monoisotopic (exact) mass is 354 g/mol. The van der Waals surface area contributed by atoms with Gasteiger partial charge in [0.15, 0.2) is 5.82 Å². The van der Waals surface area contributed by atoms with Crippen molar-refractivity contribution >= 4 is 21.7 Å². The van der Waals surface area contributed by atoms with E-state index in [2.05, 4.69) is 46.6 Å². The Bertz CT molecular complexity index is 543. The number of ether oxygens (including phenoxy) is 1. The van der Waals surface area contributed by atoms with Crippen LogP contribution in [0.25, 0.3) is 0 Å². The van der Waals surface area contributed by atoms with E-state index in [0.717, 1.165) is 29.9 Å². The summed E-state index contributed by atoms with van der Waals surface area (Å²) in [6.07, 6.45) is 2.43. The van der Waals surface area contributed by atoms with Crippen molar-refractivity contribution in [1.29, 1.82) is 0 Å². The summed E-state index contributed by atoms with van der Waals surface area (Å²) < 4.78 is 6.80. The molecule has 0 bridgehead atoms. The molecule has 0 aliphatic carbocycles. The molecule has 3 rings (SSSR count). The SMILES string of the molecule is CC(C)(C)c1nc(C2CN3CCCC3CO2)nc(N)c1Br. The number of morpholine rings is 1. The molecule has 0 amide bonds. The second kappa shape index (κ2) is 5.48. The third-order valence-electron chi connectivity index (χ3n) is 4.28. The van der Waals surface area contributed by atoms with Crippen LogP contribution in [0.5, 0.6) is 0 Å². The van der Waals surface area contributed by atoms with Crippen molar-refractivity contribution in [3.63, 3.8) is 0 Å². The fourth-order valence-corrected chi connectivity index (χ4v) is 3.87. The first kappa shape index (κ1) is 15.2. The molecule has 1 aromatic rings. The Kier molecular flexibility index (Phi) is 3.96. The van der Waals surface area contributed by atoms with Crippen molar-refractivity contribution in [3.05, 3.63) is 16.0 Å². The summed E-state index contributed by atoms with van der Waals surface area (Å²) in [5.74, 6) is 1.21. The second-order valence-electron chi connectivity index (χ2n) is 6.99. The van der Waals surface area contributed by atoms with Crippen LogP contribution >= 0.6 is 15.9 Å². The van der Waals surface area contributed by atoms with Gasteiger partial charge in [0.25, 0.3) is 0 Å². The van der Waals surface area contributed by atoms with Crippen molar-refractivity contribution in [3.8, 4) is 0 Å². The molecule has 2 saturated heterocycles. The number of rotatable bonds is 1. The maximum absolute atomic E-state index is 6.06. The third-order valence-corrected chi connectivity index (χ3v) is 5.06. The molecule has 2 aliphatic rings. The van der Waals surface area contributed by atoms with Gasteiger partial charge in [-0.1, -0.05) is 20.8 Å². The van der Waals surface area contributed by atoms with Crippen LogP contribution < -0.4 is 5.73 Å². The summed E-state index contributed by atoms with van der Waals surface area (Å²) in [7, 11) is 0. The van der Waals surface area contributed by atoms with Crippen LogP contribution in [0.2, 0.25) is 0 Å². The van der Waals surface area contributed by atoms with E-state index in [9.17, 15) is 0 Å². The highest BCUT2D eigenvalue weighted by Crippen LogP contribution is 2.34. The standard InChI is InChI=1S/C15H23BrN4O/c1-15(2,3)12-11(16)13(17)19-14(18-12)10-7-20-6-4-5-9(20)8-21-10/h9-10H,4-8H2,1-3H3,(H2,17,18,19). The Morgan fingerprint density at radius 2 is 2.10 bits per heavy atom. The Morgan fingerprint density at radius 1 is 1.33 bits per heavy atom. The molecule has 3 heterocycles. The Hall–Kier alpha value is -0.720. The highest BCUT2D eigenvalue weighted by atomic mass is 79.9. The van der Waals surface area contributed by atoms with Gasteiger partial charge in [-0.3, -0.25) is 4.90 Å². The van der Waals surface area contributed by atoms with E-state index in [1.54, 1.807) is 0 Å². The predicted molar refractivity (Wildman–Crippen MR) is 86.1 cm³/mol. The molecule has 2 fully saturated rings. The summed E-state index contributed by atoms with van der Waals surface area (Å²) >= 11 is 3.52. The number of hydrogen-bond acceptors (Lipinski definition) is 5. The first-order valence-electron chi connectivity index (χ1n) is 7.55. The van der Waals surface area contributed by atoms with Gasteiger partial charge < -0.3 is 10.5 Å². The zero-order valence-corrected chi connectivity index (χ0v) is 14.5. The molecule has 116 valence electrons. The van der Waals surface area contributed by atoms with E-state index in [-0.39, 0.29) is 11.5 Å². The van der Waals surface area contributed by atoms with Crippen LogP contribution in [0.4, 0.5) is 5.82 Å². The molecule has 2 unspecified atom stereocenters. The van der Waals surface area contributed by atoms with Crippen LogP contribution in [-0.2, 0) is 10.2 Å². The minimum atomic E-state index is -0.0878. The molecule has 0 aromatic carbocycles. The number of nitrogens with two attached hydrogens (primary N) is 1. The zero-order chi connectivity index (χ0) is 15.2. The van der Waals surface area contributed by atoms with E-state index in [1.807, 2.05) is 0 Å². The number of fused-ring (bicyclic) bond motifs is 1. The van der Waals surface area contributed by atoms with Gasteiger partial charge in [-0.15, -0.1) is 0 Å². The normalized spacial score (nSPS) is 26.9. The summed E-state index contributed by atoms with van der Waals surface area (Å²) in [4.78, 5) is 11.7. The van der Waals surface area contributed by atoms with Crippen LogP contribution in [-0.4, -0.2) is 40.6 Å². The molecule has 2 aliphatic heterocycles.